The molecule has 0 aliphatic rings. The van der Waals surface area contributed by atoms with Crippen LogP contribution in [0.25, 0.3) is 5.57 Å². The van der Waals surface area contributed by atoms with Gasteiger partial charge in [0.15, 0.2) is 0 Å². The highest BCUT2D eigenvalue weighted by Crippen LogP contribution is 2.28. The highest BCUT2D eigenvalue weighted by atomic mass is 16.7. The minimum absolute atomic E-state index is 0.286. The van der Waals surface area contributed by atoms with E-state index < -0.39 is 6.16 Å². The monoisotopic (exact) mass is 862 g/mol. The maximum absolute atomic E-state index is 10.5. The molecule has 0 heterocycles. The second-order valence-electron chi connectivity index (χ2n) is 11.2. The Hall–Kier alpha value is -6.48. The maximum atomic E-state index is 10.5. The highest BCUT2D eigenvalue weighted by Gasteiger charge is 2.10. The summed E-state index contributed by atoms with van der Waals surface area (Å²) in [5, 5.41) is 0. The largest absolute Gasteiger partial charge is 0.513 e. The van der Waals surface area contributed by atoms with E-state index in [1.54, 1.807) is 64.8 Å². The number of hydrogen-bond donors (Lipinski definition) is 0. The molecule has 0 aliphatic carbocycles. The van der Waals surface area contributed by atoms with Gasteiger partial charge in [-0.25, -0.2) is 4.79 Å². The van der Waals surface area contributed by atoms with E-state index in [0.717, 1.165) is 6.54 Å². The molecule has 0 N–H and O–H groups in total. The van der Waals surface area contributed by atoms with Gasteiger partial charge in [0.25, 0.3) is 0 Å². The lowest BCUT2D eigenvalue weighted by atomic mass is 9.97. The van der Waals surface area contributed by atoms with E-state index in [1.165, 1.54) is 42.1 Å². The zero-order valence-electron chi connectivity index (χ0n) is 40.4. The summed E-state index contributed by atoms with van der Waals surface area (Å²) in [6, 6.07) is 60.0. The van der Waals surface area contributed by atoms with Gasteiger partial charge < -0.3 is 28.6 Å². The number of esters is 1. The molecule has 6 rings (SSSR count). The van der Waals surface area contributed by atoms with Crippen molar-refractivity contribution in [3.05, 3.63) is 199 Å². The lowest BCUT2D eigenvalue weighted by molar-refractivity contribution is -0.131. The van der Waals surface area contributed by atoms with Gasteiger partial charge in [0.1, 0.15) is 11.5 Å². The van der Waals surface area contributed by atoms with Crippen LogP contribution in [0.5, 0.6) is 11.5 Å². The van der Waals surface area contributed by atoms with Crippen LogP contribution in [0.2, 0.25) is 0 Å². The molecule has 6 aromatic carbocycles. The number of anilines is 2. The van der Waals surface area contributed by atoms with Crippen LogP contribution in [-0.2, 0) is 19.0 Å². The normalized spacial score (nSPS) is 8.48. The van der Waals surface area contributed by atoms with E-state index in [1.807, 2.05) is 79.7 Å². The van der Waals surface area contributed by atoms with Crippen molar-refractivity contribution in [2.75, 3.05) is 47.0 Å². The first-order valence-corrected chi connectivity index (χ1v) is 21.4. The molecule has 0 saturated carbocycles. The van der Waals surface area contributed by atoms with Crippen LogP contribution in [0.1, 0.15) is 73.4 Å². The summed E-state index contributed by atoms with van der Waals surface area (Å²) in [5.74, 6) is 0.792. The Balaban J connectivity index is -0.000000851. The standard InChI is InChI=1S/C27H23N.C8H8O3.C8H8O2.2C2H6O.4C2H6/c1-5-13-23(14-6-1)27(24-15-7-2-8-16-24)21-22-28(25-17-9-3-10-18-25)26-19-11-4-12-20-26;1-10-8(9)11-7-5-3-2-4-6-7;1-7(9)10-8-5-3-2-4-6-8;2*1-3-2;4*1-2/h1-21H,22H2;2-6H,1H3;2-6H,1H3;2*1-2H3;4*1-2H3. The predicted molar refractivity (Wildman–Crippen MR) is 268 cm³/mol. The average molecular weight is 862 g/mol. The van der Waals surface area contributed by atoms with Gasteiger partial charge in [0.05, 0.1) is 7.11 Å². The Morgan fingerprint density at radius 1 is 0.429 bits per heavy atom. The predicted octanol–water partition coefficient (Wildman–Crippen LogP) is 15.0. The van der Waals surface area contributed by atoms with E-state index >= 15 is 0 Å². The lowest BCUT2D eigenvalue weighted by Gasteiger charge is -2.24. The zero-order valence-corrected chi connectivity index (χ0v) is 40.4. The molecule has 6 aromatic rings. The Morgan fingerprint density at radius 2 is 0.698 bits per heavy atom. The first kappa shape index (κ1) is 60.8. The molecular formula is C55H75NO7. The fourth-order valence-corrected chi connectivity index (χ4v) is 4.68. The Morgan fingerprint density at radius 3 is 0.984 bits per heavy atom. The molecule has 0 saturated heterocycles. The molecule has 0 atom stereocenters. The zero-order chi connectivity index (χ0) is 47.9. The van der Waals surface area contributed by atoms with E-state index in [-0.39, 0.29) is 5.97 Å². The maximum Gasteiger partial charge on any atom is 0.513 e. The van der Waals surface area contributed by atoms with Crippen molar-refractivity contribution in [1.82, 2.24) is 0 Å². The molecule has 0 amide bonds. The van der Waals surface area contributed by atoms with Crippen molar-refractivity contribution < 1.29 is 33.3 Å². The summed E-state index contributed by atoms with van der Waals surface area (Å²) in [4.78, 5) is 23.3. The fourth-order valence-electron chi connectivity index (χ4n) is 4.68. The molecule has 0 bridgehead atoms. The van der Waals surface area contributed by atoms with E-state index in [4.69, 9.17) is 9.47 Å². The van der Waals surface area contributed by atoms with Crippen molar-refractivity contribution in [2.45, 2.75) is 62.3 Å². The molecule has 0 unspecified atom stereocenters. The lowest BCUT2D eigenvalue weighted by Crippen LogP contribution is -2.17. The second kappa shape index (κ2) is 45.1. The van der Waals surface area contributed by atoms with E-state index in [9.17, 15) is 9.59 Å². The summed E-state index contributed by atoms with van der Waals surface area (Å²) < 4.78 is 22.3. The molecule has 0 aromatic heterocycles. The number of rotatable bonds is 8. The molecule has 0 fully saturated rings. The SMILES string of the molecule is C(CN(c1ccccc1)c1ccccc1)=C(c1ccccc1)c1ccccc1.CC.CC.CC.CC.CC(=O)Oc1ccccc1.COC.COC.COC(=O)Oc1ccccc1. The van der Waals surface area contributed by atoms with Gasteiger partial charge in [-0.2, -0.15) is 0 Å². The number of para-hydroxylation sites is 4. The first-order chi connectivity index (χ1) is 30.9. The molecule has 342 valence electrons. The van der Waals surface area contributed by atoms with Crippen LogP contribution in [0.4, 0.5) is 16.2 Å². The van der Waals surface area contributed by atoms with Gasteiger partial charge in [-0.1, -0.05) is 195 Å². The number of ether oxygens (including phenoxy) is 5. The molecule has 8 nitrogen and oxygen atoms in total. The van der Waals surface area contributed by atoms with Crippen molar-refractivity contribution in [3.63, 3.8) is 0 Å². The molecular weight excluding hydrogens is 787 g/mol. The van der Waals surface area contributed by atoms with Gasteiger partial charge in [0, 0.05) is 53.3 Å². The number of methoxy groups -OCH3 is 3. The number of hydrogen-bond acceptors (Lipinski definition) is 8. The highest BCUT2D eigenvalue weighted by molar-refractivity contribution is 5.80. The third-order valence-electron chi connectivity index (χ3n) is 6.90. The van der Waals surface area contributed by atoms with Gasteiger partial charge >= 0.3 is 12.1 Å². The molecule has 0 radical (unpaired) electrons. The third-order valence-corrected chi connectivity index (χ3v) is 6.90. The van der Waals surface area contributed by atoms with Gasteiger partial charge in [-0.3, -0.25) is 4.79 Å². The third kappa shape index (κ3) is 30.2. The molecule has 0 aliphatic heterocycles. The Labute approximate surface area is 381 Å². The molecule has 8 heteroatoms. The average Bonchev–Trinajstić information content (AvgIpc) is 3.35. The number of nitrogens with zero attached hydrogens (tertiary/aromatic N) is 1. The van der Waals surface area contributed by atoms with Crippen LogP contribution >= 0.6 is 0 Å². The number of benzene rings is 6. The van der Waals surface area contributed by atoms with Crippen LogP contribution in [0.3, 0.4) is 0 Å². The van der Waals surface area contributed by atoms with E-state index in [0.29, 0.717) is 11.5 Å². The summed E-state index contributed by atoms with van der Waals surface area (Å²) in [7, 11) is 7.77. The van der Waals surface area contributed by atoms with Crippen molar-refractivity contribution in [1.29, 1.82) is 0 Å². The summed E-state index contributed by atoms with van der Waals surface area (Å²) in [5.41, 5.74) is 6.08. The quantitative estimate of drug-likeness (QED) is 0.0850. The summed E-state index contributed by atoms with van der Waals surface area (Å²) >= 11 is 0. The Bertz CT molecular complexity index is 1790. The summed E-state index contributed by atoms with van der Waals surface area (Å²) in [6.45, 7) is 18.2. The molecule has 0 spiro atoms. The smallest absolute Gasteiger partial charge is 0.437 e. The minimum atomic E-state index is -0.698. The van der Waals surface area contributed by atoms with Gasteiger partial charge in [-0.05, 0) is 65.2 Å². The van der Waals surface area contributed by atoms with Crippen LogP contribution in [-0.4, -0.2) is 54.2 Å². The van der Waals surface area contributed by atoms with Gasteiger partial charge in [-0.15, -0.1) is 0 Å². The number of carbonyl (C=O) groups is 2. The minimum Gasteiger partial charge on any atom is -0.437 e. The topological polar surface area (TPSA) is 83.5 Å². The summed E-state index contributed by atoms with van der Waals surface area (Å²) in [6.07, 6.45) is 1.63. The van der Waals surface area contributed by atoms with Crippen LogP contribution in [0, 0.1) is 0 Å². The van der Waals surface area contributed by atoms with Crippen LogP contribution < -0.4 is 14.4 Å². The number of carbonyl (C=O) groups excluding carboxylic acids is 2. The first-order valence-electron chi connectivity index (χ1n) is 21.4. The van der Waals surface area contributed by atoms with Crippen LogP contribution in [0.15, 0.2) is 188 Å². The van der Waals surface area contributed by atoms with Gasteiger partial charge in [0.2, 0.25) is 0 Å². The Kier molecular flexibility index (Phi) is 43.5. The van der Waals surface area contributed by atoms with E-state index in [2.05, 4.69) is 147 Å². The van der Waals surface area contributed by atoms with Crippen molar-refractivity contribution >= 4 is 29.1 Å². The van der Waals surface area contributed by atoms with Crippen molar-refractivity contribution in [2.24, 2.45) is 0 Å². The fraction of sp³-hybridized carbons (Fsp3) is 0.273. The second-order valence-corrected chi connectivity index (χ2v) is 11.2. The van der Waals surface area contributed by atoms with Crippen molar-refractivity contribution in [3.8, 4) is 11.5 Å². The molecule has 63 heavy (non-hydrogen) atoms.